The standard InChI is InChI=1S/C17H21N3O2/c1-12-15(13(2)22-19-12)10-17(21)20-9-8-18-11-16(20)14-6-4-3-5-7-14/h3-7,16,18H,8-11H2,1-2H3/t16-/m0/s1. The highest BCUT2D eigenvalue weighted by molar-refractivity contribution is 5.80. The van der Waals surface area contributed by atoms with Crippen LogP contribution < -0.4 is 5.32 Å². The molecular weight excluding hydrogens is 278 g/mol. The Kier molecular flexibility index (Phi) is 4.24. The highest BCUT2D eigenvalue weighted by atomic mass is 16.5. The van der Waals surface area contributed by atoms with Gasteiger partial charge in [-0.2, -0.15) is 0 Å². The second-order valence-electron chi connectivity index (χ2n) is 5.70. The van der Waals surface area contributed by atoms with E-state index in [0.29, 0.717) is 6.42 Å². The van der Waals surface area contributed by atoms with E-state index in [1.165, 1.54) is 5.56 Å². The Bertz CT molecular complexity index is 632. The highest BCUT2D eigenvalue weighted by Crippen LogP contribution is 2.24. The zero-order valence-electron chi connectivity index (χ0n) is 13.0. The maximum absolute atomic E-state index is 12.8. The van der Waals surface area contributed by atoms with E-state index >= 15 is 0 Å². The van der Waals surface area contributed by atoms with Crippen LogP contribution in [-0.4, -0.2) is 35.6 Å². The third kappa shape index (κ3) is 2.90. The molecule has 1 saturated heterocycles. The van der Waals surface area contributed by atoms with Gasteiger partial charge in [0.05, 0.1) is 18.2 Å². The third-order valence-corrected chi connectivity index (χ3v) is 4.26. The lowest BCUT2D eigenvalue weighted by Crippen LogP contribution is -2.49. The van der Waals surface area contributed by atoms with Gasteiger partial charge in [0.2, 0.25) is 5.91 Å². The van der Waals surface area contributed by atoms with Crippen molar-refractivity contribution in [3.63, 3.8) is 0 Å². The van der Waals surface area contributed by atoms with Crippen LogP contribution in [0.4, 0.5) is 0 Å². The molecule has 1 aliphatic heterocycles. The van der Waals surface area contributed by atoms with Crippen LogP contribution >= 0.6 is 0 Å². The van der Waals surface area contributed by atoms with Gasteiger partial charge in [-0.3, -0.25) is 4.79 Å². The van der Waals surface area contributed by atoms with Gasteiger partial charge in [0.15, 0.2) is 0 Å². The van der Waals surface area contributed by atoms with Gasteiger partial charge in [0.25, 0.3) is 0 Å². The number of carbonyl (C=O) groups is 1. The van der Waals surface area contributed by atoms with Gasteiger partial charge in [-0.25, -0.2) is 0 Å². The van der Waals surface area contributed by atoms with Crippen molar-refractivity contribution in [2.24, 2.45) is 0 Å². The van der Waals surface area contributed by atoms with Gasteiger partial charge in [0, 0.05) is 25.2 Å². The summed E-state index contributed by atoms with van der Waals surface area (Å²) in [4.78, 5) is 14.8. The second kappa shape index (κ2) is 6.32. The van der Waals surface area contributed by atoms with Crippen molar-refractivity contribution < 1.29 is 9.32 Å². The van der Waals surface area contributed by atoms with Gasteiger partial charge in [0.1, 0.15) is 5.76 Å². The topological polar surface area (TPSA) is 58.4 Å². The van der Waals surface area contributed by atoms with Gasteiger partial charge < -0.3 is 14.7 Å². The summed E-state index contributed by atoms with van der Waals surface area (Å²) < 4.78 is 5.16. The second-order valence-corrected chi connectivity index (χ2v) is 5.70. The van der Waals surface area contributed by atoms with E-state index in [9.17, 15) is 4.79 Å². The maximum atomic E-state index is 12.8. The number of amides is 1. The quantitative estimate of drug-likeness (QED) is 0.942. The number of aromatic nitrogens is 1. The Labute approximate surface area is 130 Å². The molecule has 1 atom stereocenters. The molecule has 3 rings (SSSR count). The minimum Gasteiger partial charge on any atom is -0.361 e. The molecule has 116 valence electrons. The average Bonchev–Trinajstić information content (AvgIpc) is 2.87. The fraction of sp³-hybridized carbons (Fsp3) is 0.412. The summed E-state index contributed by atoms with van der Waals surface area (Å²) in [6.07, 6.45) is 0.352. The van der Waals surface area contributed by atoms with Crippen molar-refractivity contribution in [1.29, 1.82) is 0 Å². The molecule has 1 aliphatic rings. The smallest absolute Gasteiger partial charge is 0.227 e. The average molecular weight is 299 g/mol. The fourth-order valence-corrected chi connectivity index (χ4v) is 2.98. The van der Waals surface area contributed by atoms with Crippen molar-refractivity contribution in [3.8, 4) is 0 Å². The van der Waals surface area contributed by atoms with Crippen molar-refractivity contribution in [3.05, 3.63) is 52.9 Å². The molecule has 0 radical (unpaired) electrons. The van der Waals surface area contributed by atoms with E-state index in [2.05, 4.69) is 22.6 Å². The zero-order valence-corrected chi connectivity index (χ0v) is 13.0. The fourth-order valence-electron chi connectivity index (χ4n) is 2.98. The molecule has 1 aromatic carbocycles. The Hall–Kier alpha value is -2.14. The van der Waals surface area contributed by atoms with Gasteiger partial charge in [-0.15, -0.1) is 0 Å². The number of hydrogen-bond acceptors (Lipinski definition) is 4. The minimum atomic E-state index is 0.0860. The van der Waals surface area contributed by atoms with Crippen LogP contribution in [0.1, 0.15) is 28.6 Å². The first-order valence-corrected chi connectivity index (χ1v) is 7.63. The Balaban J connectivity index is 1.80. The number of aryl methyl sites for hydroxylation is 2. The number of benzene rings is 1. The summed E-state index contributed by atoms with van der Waals surface area (Å²) in [5, 5.41) is 7.31. The molecule has 1 N–H and O–H groups in total. The molecule has 1 aromatic heterocycles. The molecule has 2 heterocycles. The van der Waals surface area contributed by atoms with Gasteiger partial charge >= 0.3 is 0 Å². The minimum absolute atomic E-state index is 0.0860. The van der Waals surface area contributed by atoms with E-state index in [-0.39, 0.29) is 11.9 Å². The lowest BCUT2D eigenvalue weighted by molar-refractivity contribution is -0.133. The molecule has 0 bridgehead atoms. The summed E-state index contributed by atoms with van der Waals surface area (Å²) in [6, 6.07) is 10.3. The van der Waals surface area contributed by atoms with Crippen LogP contribution in [0.15, 0.2) is 34.9 Å². The summed E-state index contributed by atoms with van der Waals surface area (Å²) in [7, 11) is 0. The first-order chi connectivity index (χ1) is 10.7. The molecular formula is C17H21N3O2. The summed E-state index contributed by atoms with van der Waals surface area (Å²) in [5.74, 6) is 0.863. The highest BCUT2D eigenvalue weighted by Gasteiger charge is 2.28. The maximum Gasteiger partial charge on any atom is 0.227 e. The first-order valence-electron chi connectivity index (χ1n) is 7.63. The van der Waals surface area contributed by atoms with Gasteiger partial charge in [-0.05, 0) is 19.4 Å². The van der Waals surface area contributed by atoms with Crippen molar-refractivity contribution in [2.75, 3.05) is 19.6 Å². The number of rotatable bonds is 3. The van der Waals surface area contributed by atoms with Crippen LogP contribution in [0.3, 0.4) is 0 Å². The normalized spacial score (nSPS) is 18.5. The first kappa shape index (κ1) is 14.8. The predicted octanol–water partition coefficient (Wildman–Crippen LogP) is 2.01. The largest absolute Gasteiger partial charge is 0.361 e. The molecule has 2 aromatic rings. The molecule has 0 spiro atoms. The Morgan fingerprint density at radius 3 is 2.82 bits per heavy atom. The molecule has 1 fully saturated rings. The van der Waals surface area contributed by atoms with Gasteiger partial charge in [-0.1, -0.05) is 35.5 Å². The van der Waals surface area contributed by atoms with Crippen LogP contribution in [0, 0.1) is 13.8 Å². The van der Waals surface area contributed by atoms with E-state index < -0.39 is 0 Å². The summed E-state index contributed by atoms with van der Waals surface area (Å²) in [5.41, 5.74) is 2.88. The Morgan fingerprint density at radius 2 is 2.14 bits per heavy atom. The molecule has 0 aliphatic carbocycles. The predicted molar refractivity (Wildman–Crippen MR) is 83.4 cm³/mol. The number of nitrogens with one attached hydrogen (secondary N) is 1. The molecule has 5 heteroatoms. The monoisotopic (exact) mass is 299 g/mol. The van der Waals surface area contributed by atoms with E-state index in [0.717, 1.165) is 36.7 Å². The SMILES string of the molecule is Cc1noc(C)c1CC(=O)N1CCNC[C@H]1c1ccccc1. The van der Waals surface area contributed by atoms with Crippen LogP contribution in [0.25, 0.3) is 0 Å². The Morgan fingerprint density at radius 1 is 1.36 bits per heavy atom. The van der Waals surface area contributed by atoms with E-state index in [1.54, 1.807) is 0 Å². The molecule has 0 saturated carbocycles. The lowest BCUT2D eigenvalue weighted by Gasteiger charge is -2.36. The summed E-state index contributed by atoms with van der Waals surface area (Å²) in [6.45, 7) is 6.08. The number of hydrogen-bond donors (Lipinski definition) is 1. The third-order valence-electron chi connectivity index (χ3n) is 4.26. The number of carbonyl (C=O) groups excluding carboxylic acids is 1. The lowest BCUT2D eigenvalue weighted by atomic mass is 10.0. The van der Waals surface area contributed by atoms with E-state index in [1.807, 2.05) is 36.9 Å². The zero-order chi connectivity index (χ0) is 15.5. The molecule has 1 amide bonds. The number of piperazine rings is 1. The van der Waals surface area contributed by atoms with Crippen molar-refractivity contribution in [2.45, 2.75) is 26.3 Å². The van der Waals surface area contributed by atoms with Crippen LogP contribution in [0.5, 0.6) is 0 Å². The summed E-state index contributed by atoms with van der Waals surface area (Å²) >= 11 is 0. The molecule has 0 unspecified atom stereocenters. The molecule has 22 heavy (non-hydrogen) atoms. The number of nitrogens with zero attached hydrogens (tertiary/aromatic N) is 2. The van der Waals surface area contributed by atoms with Crippen molar-refractivity contribution >= 4 is 5.91 Å². The van der Waals surface area contributed by atoms with Crippen molar-refractivity contribution in [1.82, 2.24) is 15.4 Å². The van der Waals surface area contributed by atoms with E-state index in [4.69, 9.17) is 4.52 Å². The molecule has 5 nitrogen and oxygen atoms in total. The van der Waals surface area contributed by atoms with Crippen LogP contribution in [-0.2, 0) is 11.2 Å². The van der Waals surface area contributed by atoms with Crippen LogP contribution in [0.2, 0.25) is 0 Å².